The summed E-state index contributed by atoms with van der Waals surface area (Å²) in [6.45, 7) is 1.71. The average molecular weight is 369 g/mol. The Hall–Kier alpha value is -2.44. The molecule has 5 nitrogen and oxygen atoms in total. The molecule has 134 valence electrons. The molecule has 1 saturated heterocycles. The van der Waals surface area contributed by atoms with Crippen molar-refractivity contribution in [3.63, 3.8) is 0 Å². The number of hydrogen-bond donors (Lipinski definition) is 0. The number of para-hydroxylation sites is 1. The molecule has 1 aliphatic heterocycles. The van der Waals surface area contributed by atoms with Gasteiger partial charge in [-0.3, -0.25) is 9.59 Å². The number of nitrogens with zero attached hydrogens (tertiary/aromatic N) is 1. The van der Waals surface area contributed by atoms with Crippen molar-refractivity contribution in [1.29, 1.82) is 0 Å². The quantitative estimate of drug-likeness (QED) is 0.688. The SMILES string of the molecule is O=C(c1cc(=O)c2ccccc2o1)N(Cc1cccs1)C[C@@H]1CCCO1. The molecule has 1 aliphatic rings. The zero-order valence-corrected chi connectivity index (χ0v) is 15.0. The number of hydrogen-bond acceptors (Lipinski definition) is 5. The summed E-state index contributed by atoms with van der Waals surface area (Å²) in [6.07, 6.45) is 1.98. The lowest BCUT2D eigenvalue weighted by atomic mass is 10.2. The van der Waals surface area contributed by atoms with E-state index in [2.05, 4.69) is 0 Å². The van der Waals surface area contributed by atoms with Crippen molar-refractivity contribution in [2.24, 2.45) is 0 Å². The van der Waals surface area contributed by atoms with Gasteiger partial charge in [-0.1, -0.05) is 18.2 Å². The highest BCUT2D eigenvalue weighted by atomic mass is 32.1. The predicted octanol–water partition coefficient (Wildman–Crippen LogP) is 3.68. The second-order valence-electron chi connectivity index (χ2n) is 6.37. The van der Waals surface area contributed by atoms with Crippen molar-refractivity contribution in [3.05, 3.63) is 68.7 Å². The van der Waals surface area contributed by atoms with Gasteiger partial charge in [0.25, 0.3) is 5.91 Å². The highest BCUT2D eigenvalue weighted by Gasteiger charge is 2.25. The van der Waals surface area contributed by atoms with Crippen LogP contribution in [0.4, 0.5) is 0 Å². The summed E-state index contributed by atoms with van der Waals surface area (Å²) in [5.74, 6) is -0.208. The Morgan fingerprint density at radius 1 is 1.23 bits per heavy atom. The van der Waals surface area contributed by atoms with Gasteiger partial charge in [-0.2, -0.15) is 0 Å². The van der Waals surface area contributed by atoms with Crippen LogP contribution in [0, 0.1) is 0 Å². The Kier molecular flexibility index (Phi) is 4.86. The Bertz CT molecular complexity index is 957. The van der Waals surface area contributed by atoms with Gasteiger partial charge in [0.05, 0.1) is 18.0 Å². The summed E-state index contributed by atoms with van der Waals surface area (Å²) < 4.78 is 11.4. The zero-order valence-electron chi connectivity index (χ0n) is 14.2. The number of thiophene rings is 1. The Morgan fingerprint density at radius 2 is 2.12 bits per heavy atom. The van der Waals surface area contributed by atoms with Crippen LogP contribution in [0.2, 0.25) is 0 Å². The second-order valence-corrected chi connectivity index (χ2v) is 7.40. The third-order valence-corrected chi connectivity index (χ3v) is 5.37. The molecular formula is C20H19NO4S. The van der Waals surface area contributed by atoms with Gasteiger partial charge in [0.15, 0.2) is 11.2 Å². The minimum absolute atomic E-state index is 0.0334. The first kappa shape index (κ1) is 17.0. The van der Waals surface area contributed by atoms with E-state index < -0.39 is 0 Å². The molecule has 0 aliphatic carbocycles. The van der Waals surface area contributed by atoms with Crippen LogP contribution in [0.3, 0.4) is 0 Å². The van der Waals surface area contributed by atoms with E-state index in [1.807, 2.05) is 17.5 Å². The molecule has 1 aromatic carbocycles. The molecule has 0 saturated carbocycles. The van der Waals surface area contributed by atoms with E-state index in [0.717, 1.165) is 24.3 Å². The third kappa shape index (κ3) is 3.57. The molecule has 0 radical (unpaired) electrons. The maximum atomic E-state index is 13.1. The zero-order chi connectivity index (χ0) is 17.9. The largest absolute Gasteiger partial charge is 0.451 e. The topological polar surface area (TPSA) is 59.8 Å². The number of carbonyl (C=O) groups is 1. The second kappa shape index (κ2) is 7.43. The summed E-state index contributed by atoms with van der Waals surface area (Å²) in [5.41, 5.74) is 0.222. The monoisotopic (exact) mass is 369 g/mol. The summed E-state index contributed by atoms with van der Waals surface area (Å²) in [6, 6.07) is 12.2. The molecule has 4 rings (SSSR count). The molecule has 1 atom stereocenters. The van der Waals surface area contributed by atoms with Gasteiger partial charge in [-0.15, -0.1) is 11.3 Å². The molecule has 6 heteroatoms. The molecule has 3 aromatic rings. The number of benzene rings is 1. The van der Waals surface area contributed by atoms with Gasteiger partial charge in [0, 0.05) is 24.1 Å². The van der Waals surface area contributed by atoms with E-state index in [-0.39, 0.29) is 23.2 Å². The van der Waals surface area contributed by atoms with Crippen LogP contribution in [0.5, 0.6) is 0 Å². The Labute approximate surface area is 154 Å². The minimum Gasteiger partial charge on any atom is -0.451 e. The highest BCUT2D eigenvalue weighted by Crippen LogP contribution is 2.20. The number of amides is 1. The highest BCUT2D eigenvalue weighted by molar-refractivity contribution is 7.09. The van der Waals surface area contributed by atoms with Crippen molar-refractivity contribution in [2.75, 3.05) is 13.2 Å². The minimum atomic E-state index is -0.281. The van der Waals surface area contributed by atoms with Crippen LogP contribution in [-0.2, 0) is 11.3 Å². The smallest absolute Gasteiger partial charge is 0.290 e. The number of ether oxygens (including phenoxy) is 1. The third-order valence-electron chi connectivity index (χ3n) is 4.51. The van der Waals surface area contributed by atoms with E-state index in [0.29, 0.717) is 24.1 Å². The van der Waals surface area contributed by atoms with E-state index in [1.54, 1.807) is 40.5 Å². The lowest BCUT2D eigenvalue weighted by molar-refractivity contribution is 0.0486. The van der Waals surface area contributed by atoms with Crippen LogP contribution in [0.15, 0.2) is 57.1 Å². The lowest BCUT2D eigenvalue weighted by Gasteiger charge is -2.24. The van der Waals surface area contributed by atoms with E-state index in [4.69, 9.17) is 9.15 Å². The van der Waals surface area contributed by atoms with Crippen LogP contribution >= 0.6 is 11.3 Å². The molecule has 3 heterocycles. The van der Waals surface area contributed by atoms with Crippen LogP contribution in [0.1, 0.15) is 28.3 Å². The first-order valence-corrected chi connectivity index (χ1v) is 9.55. The van der Waals surface area contributed by atoms with Gasteiger partial charge < -0.3 is 14.1 Å². The fourth-order valence-electron chi connectivity index (χ4n) is 3.21. The fourth-order valence-corrected chi connectivity index (χ4v) is 3.93. The predicted molar refractivity (Wildman–Crippen MR) is 101 cm³/mol. The van der Waals surface area contributed by atoms with Gasteiger partial charge in [0.2, 0.25) is 0 Å². The molecule has 0 unspecified atom stereocenters. The summed E-state index contributed by atoms with van der Waals surface area (Å²) >= 11 is 1.60. The molecule has 26 heavy (non-hydrogen) atoms. The summed E-state index contributed by atoms with van der Waals surface area (Å²) in [7, 11) is 0. The normalized spacial score (nSPS) is 16.8. The van der Waals surface area contributed by atoms with Gasteiger partial charge in [0.1, 0.15) is 5.58 Å². The number of fused-ring (bicyclic) bond motifs is 1. The maximum absolute atomic E-state index is 13.1. The average Bonchev–Trinajstić information content (AvgIpc) is 3.34. The lowest BCUT2D eigenvalue weighted by Crippen LogP contribution is -2.37. The first-order valence-electron chi connectivity index (χ1n) is 8.67. The Balaban J connectivity index is 1.65. The van der Waals surface area contributed by atoms with Crippen LogP contribution in [-0.4, -0.2) is 30.1 Å². The number of rotatable bonds is 5. The van der Waals surface area contributed by atoms with Crippen molar-refractivity contribution < 1.29 is 13.9 Å². The fraction of sp³-hybridized carbons (Fsp3) is 0.300. The van der Waals surface area contributed by atoms with Crippen molar-refractivity contribution in [1.82, 2.24) is 4.90 Å². The van der Waals surface area contributed by atoms with Crippen LogP contribution in [0.25, 0.3) is 11.0 Å². The van der Waals surface area contributed by atoms with Gasteiger partial charge in [-0.05, 0) is 36.4 Å². The van der Waals surface area contributed by atoms with E-state index >= 15 is 0 Å². The first-order chi connectivity index (χ1) is 12.7. The van der Waals surface area contributed by atoms with E-state index in [9.17, 15) is 9.59 Å². The summed E-state index contributed by atoms with van der Waals surface area (Å²) in [5, 5.41) is 2.47. The molecule has 0 bridgehead atoms. The van der Waals surface area contributed by atoms with Crippen LogP contribution < -0.4 is 5.43 Å². The molecule has 2 aromatic heterocycles. The molecule has 0 spiro atoms. The molecule has 1 amide bonds. The maximum Gasteiger partial charge on any atom is 0.290 e. The standard InChI is InChI=1S/C20H19NO4S/c22-17-11-19(25-18-8-2-1-7-16(17)18)20(23)21(12-14-5-3-9-24-14)13-15-6-4-10-26-15/h1-2,4,6-8,10-11,14H,3,5,9,12-13H2/t14-/m0/s1. The van der Waals surface area contributed by atoms with Gasteiger partial charge >= 0.3 is 0 Å². The van der Waals surface area contributed by atoms with Gasteiger partial charge in [-0.25, -0.2) is 0 Å². The molecular weight excluding hydrogens is 350 g/mol. The van der Waals surface area contributed by atoms with Crippen molar-refractivity contribution in [3.8, 4) is 0 Å². The van der Waals surface area contributed by atoms with E-state index in [1.165, 1.54) is 6.07 Å². The molecule has 0 N–H and O–H groups in total. The van der Waals surface area contributed by atoms with Crippen molar-refractivity contribution in [2.45, 2.75) is 25.5 Å². The Morgan fingerprint density at radius 3 is 2.88 bits per heavy atom. The summed E-state index contributed by atoms with van der Waals surface area (Å²) in [4.78, 5) is 28.2. The molecule has 1 fully saturated rings. The number of carbonyl (C=O) groups excluding carboxylic acids is 1. The van der Waals surface area contributed by atoms with Crippen molar-refractivity contribution >= 4 is 28.2 Å².